The van der Waals surface area contributed by atoms with E-state index in [4.69, 9.17) is 0 Å². The van der Waals surface area contributed by atoms with E-state index < -0.39 is 0 Å². The minimum absolute atomic E-state index is 1.32. The van der Waals surface area contributed by atoms with Gasteiger partial charge >= 0.3 is 0 Å². The first-order valence-electron chi connectivity index (χ1n) is 17.6. The highest BCUT2D eigenvalue weighted by Crippen LogP contribution is 2.15. The zero-order valence-corrected chi connectivity index (χ0v) is 26.1. The molecule has 0 spiro atoms. The normalized spacial score (nSPS) is 11.7. The van der Waals surface area contributed by atoms with Crippen LogP contribution in [0.5, 0.6) is 0 Å². The largest absolute Gasteiger partial charge is 0.303 e. The first-order chi connectivity index (χ1) is 17.8. The Hall–Kier alpha value is -0.0400. The molecular formula is C35H73N. The Morgan fingerprint density at radius 2 is 0.444 bits per heavy atom. The predicted octanol–water partition coefficient (Wildman–Crippen LogP) is 12.7. The highest BCUT2D eigenvalue weighted by Gasteiger charge is 2.04. The Morgan fingerprint density at radius 3 is 0.667 bits per heavy atom. The maximum Gasteiger partial charge on any atom is -0.00187 e. The summed E-state index contributed by atoms with van der Waals surface area (Å²) in [4.78, 5) is 2.76. The lowest BCUT2D eigenvalue weighted by Gasteiger charge is -2.21. The van der Waals surface area contributed by atoms with Crippen LogP contribution in [0, 0.1) is 0 Å². The average molecular weight is 508 g/mol. The molecule has 1 heteroatoms. The van der Waals surface area contributed by atoms with Crippen LogP contribution >= 0.6 is 0 Å². The zero-order valence-electron chi connectivity index (χ0n) is 26.1. The van der Waals surface area contributed by atoms with Crippen LogP contribution in [0.4, 0.5) is 0 Å². The molecule has 0 aliphatic heterocycles. The first kappa shape index (κ1) is 36.0. The van der Waals surface area contributed by atoms with Gasteiger partial charge in [-0.1, -0.05) is 188 Å². The fourth-order valence-corrected chi connectivity index (χ4v) is 5.71. The van der Waals surface area contributed by atoms with Crippen LogP contribution < -0.4 is 0 Å². The molecule has 0 fully saturated rings. The molecule has 0 heterocycles. The zero-order chi connectivity index (χ0) is 26.2. The summed E-state index contributed by atoms with van der Waals surface area (Å²) < 4.78 is 0. The highest BCUT2D eigenvalue weighted by molar-refractivity contribution is 4.59. The standard InChI is InChI=1S/C35H73N/c1-4-7-9-11-13-15-17-19-21-23-25-27-29-31-34-36(33-6-3)35-32-30-28-26-24-22-20-18-16-14-12-10-8-5-2/h4-35H2,1-3H3. The van der Waals surface area contributed by atoms with Gasteiger partial charge in [-0.15, -0.1) is 0 Å². The van der Waals surface area contributed by atoms with Crippen molar-refractivity contribution in [2.75, 3.05) is 19.6 Å². The Labute approximate surface area is 231 Å². The maximum atomic E-state index is 2.76. The van der Waals surface area contributed by atoms with Gasteiger partial charge in [0.25, 0.3) is 0 Å². The molecule has 0 aliphatic carbocycles. The van der Waals surface area contributed by atoms with Crippen LogP contribution in [0.2, 0.25) is 0 Å². The number of hydrogen-bond acceptors (Lipinski definition) is 1. The molecule has 36 heavy (non-hydrogen) atoms. The van der Waals surface area contributed by atoms with Gasteiger partial charge in [-0.05, 0) is 38.9 Å². The minimum Gasteiger partial charge on any atom is -0.303 e. The summed E-state index contributed by atoms with van der Waals surface area (Å²) in [6.07, 6.45) is 42.2. The summed E-state index contributed by atoms with van der Waals surface area (Å²) in [5, 5.41) is 0. The molecule has 0 aliphatic rings. The molecular weight excluding hydrogens is 434 g/mol. The number of hydrogen-bond donors (Lipinski definition) is 0. The molecule has 218 valence electrons. The number of rotatable bonds is 32. The van der Waals surface area contributed by atoms with Crippen molar-refractivity contribution in [2.45, 2.75) is 207 Å². The monoisotopic (exact) mass is 508 g/mol. The second-order valence-corrected chi connectivity index (χ2v) is 12.0. The van der Waals surface area contributed by atoms with Gasteiger partial charge in [0.2, 0.25) is 0 Å². The number of nitrogens with zero attached hydrogens (tertiary/aromatic N) is 1. The van der Waals surface area contributed by atoms with Gasteiger partial charge in [0.15, 0.2) is 0 Å². The lowest BCUT2D eigenvalue weighted by Crippen LogP contribution is -2.27. The summed E-state index contributed by atoms with van der Waals surface area (Å²) in [5.41, 5.74) is 0. The third kappa shape index (κ3) is 30.2. The second kappa shape index (κ2) is 33.0. The molecule has 0 N–H and O–H groups in total. The fraction of sp³-hybridized carbons (Fsp3) is 1.00. The van der Waals surface area contributed by atoms with E-state index in [1.54, 1.807) is 0 Å². The van der Waals surface area contributed by atoms with Gasteiger partial charge in [-0.2, -0.15) is 0 Å². The molecule has 0 radical (unpaired) electrons. The molecule has 0 unspecified atom stereocenters. The van der Waals surface area contributed by atoms with Crippen LogP contribution in [0.25, 0.3) is 0 Å². The summed E-state index contributed by atoms with van der Waals surface area (Å²) in [5.74, 6) is 0. The Bertz CT molecular complexity index is 334. The van der Waals surface area contributed by atoms with E-state index in [-0.39, 0.29) is 0 Å². The van der Waals surface area contributed by atoms with E-state index in [0.29, 0.717) is 0 Å². The molecule has 0 aromatic carbocycles. The molecule has 1 nitrogen and oxygen atoms in total. The van der Waals surface area contributed by atoms with E-state index in [1.807, 2.05) is 0 Å². The van der Waals surface area contributed by atoms with Gasteiger partial charge in [0.1, 0.15) is 0 Å². The van der Waals surface area contributed by atoms with Crippen molar-refractivity contribution >= 4 is 0 Å². The molecule has 0 saturated heterocycles. The van der Waals surface area contributed by atoms with Crippen molar-refractivity contribution in [3.8, 4) is 0 Å². The summed E-state index contributed by atoms with van der Waals surface area (Å²) >= 11 is 0. The van der Waals surface area contributed by atoms with E-state index in [2.05, 4.69) is 25.7 Å². The molecule has 0 amide bonds. The fourth-order valence-electron chi connectivity index (χ4n) is 5.71. The lowest BCUT2D eigenvalue weighted by atomic mass is 10.0. The average Bonchev–Trinajstić information content (AvgIpc) is 2.89. The third-order valence-corrected chi connectivity index (χ3v) is 8.20. The van der Waals surface area contributed by atoms with Crippen molar-refractivity contribution in [3.05, 3.63) is 0 Å². The SMILES string of the molecule is CCCCCCCCCCCCCCCCN(CCC)CCCCCCCCCCCCCCCC. The van der Waals surface area contributed by atoms with Gasteiger partial charge in [0.05, 0.1) is 0 Å². The van der Waals surface area contributed by atoms with Crippen molar-refractivity contribution in [1.82, 2.24) is 4.90 Å². The van der Waals surface area contributed by atoms with Gasteiger partial charge < -0.3 is 4.90 Å². The molecule has 0 atom stereocenters. The quantitative estimate of drug-likeness (QED) is 0.0818. The molecule has 0 bridgehead atoms. The smallest absolute Gasteiger partial charge is 0.00187 e. The molecule has 0 aromatic heterocycles. The minimum atomic E-state index is 1.32. The van der Waals surface area contributed by atoms with Crippen molar-refractivity contribution < 1.29 is 0 Å². The van der Waals surface area contributed by atoms with E-state index in [0.717, 1.165) is 0 Å². The van der Waals surface area contributed by atoms with E-state index in [1.165, 1.54) is 206 Å². The van der Waals surface area contributed by atoms with E-state index >= 15 is 0 Å². The van der Waals surface area contributed by atoms with Gasteiger partial charge in [0, 0.05) is 0 Å². The Balaban J connectivity index is 3.37. The lowest BCUT2D eigenvalue weighted by molar-refractivity contribution is 0.260. The second-order valence-electron chi connectivity index (χ2n) is 12.0. The summed E-state index contributed by atoms with van der Waals surface area (Å²) in [6.45, 7) is 11.0. The van der Waals surface area contributed by atoms with Crippen LogP contribution in [-0.2, 0) is 0 Å². The molecule has 0 rings (SSSR count). The van der Waals surface area contributed by atoms with Crippen LogP contribution in [0.15, 0.2) is 0 Å². The van der Waals surface area contributed by atoms with Crippen LogP contribution in [0.1, 0.15) is 207 Å². The Morgan fingerprint density at radius 1 is 0.222 bits per heavy atom. The third-order valence-electron chi connectivity index (χ3n) is 8.20. The molecule has 0 saturated carbocycles. The van der Waals surface area contributed by atoms with Crippen molar-refractivity contribution in [1.29, 1.82) is 0 Å². The van der Waals surface area contributed by atoms with Crippen molar-refractivity contribution in [3.63, 3.8) is 0 Å². The van der Waals surface area contributed by atoms with Crippen molar-refractivity contribution in [2.24, 2.45) is 0 Å². The van der Waals surface area contributed by atoms with Gasteiger partial charge in [-0.3, -0.25) is 0 Å². The predicted molar refractivity (Wildman–Crippen MR) is 167 cm³/mol. The Kier molecular flexibility index (Phi) is 33.0. The van der Waals surface area contributed by atoms with Crippen LogP contribution in [-0.4, -0.2) is 24.5 Å². The van der Waals surface area contributed by atoms with Gasteiger partial charge in [-0.25, -0.2) is 0 Å². The topological polar surface area (TPSA) is 3.24 Å². The summed E-state index contributed by atoms with van der Waals surface area (Å²) in [7, 11) is 0. The first-order valence-corrected chi connectivity index (χ1v) is 17.6. The number of unbranched alkanes of at least 4 members (excludes halogenated alkanes) is 26. The van der Waals surface area contributed by atoms with E-state index in [9.17, 15) is 0 Å². The van der Waals surface area contributed by atoms with Crippen LogP contribution in [0.3, 0.4) is 0 Å². The maximum absolute atomic E-state index is 2.76. The highest BCUT2D eigenvalue weighted by atomic mass is 15.1. The molecule has 0 aromatic rings. The summed E-state index contributed by atoms with van der Waals surface area (Å²) in [6, 6.07) is 0.